The number of hydrogen-bond acceptors (Lipinski definition) is 4. The van der Waals surface area contributed by atoms with Crippen LogP contribution in [0.25, 0.3) is 127 Å². The van der Waals surface area contributed by atoms with Crippen LogP contribution in [-0.4, -0.2) is 19.5 Å². The number of para-hydroxylation sites is 1. The maximum Gasteiger partial charge on any atom is 0.164 e. The third kappa shape index (κ3) is 5.45. The molecule has 13 rings (SSSR count). The van der Waals surface area contributed by atoms with Gasteiger partial charge < -0.3 is 8.98 Å². The minimum absolute atomic E-state index is 0.593. The molecule has 0 amide bonds. The van der Waals surface area contributed by atoms with Crippen LogP contribution >= 0.6 is 0 Å². The molecule has 62 heavy (non-hydrogen) atoms. The van der Waals surface area contributed by atoms with Crippen molar-refractivity contribution >= 4 is 76.1 Å². The number of hydrogen-bond donors (Lipinski definition) is 0. The van der Waals surface area contributed by atoms with Gasteiger partial charge in [-0.3, -0.25) is 0 Å². The number of fused-ring (bicyclic) bond motifs is 10. The Balaban J connectivity index is 1.02. The van der Waals surface area contributed by atoms with E-state index >= 15 is 0 Å². The Morgan fingerprint density at radius 3 is 1.77 bits per heavy atom. The van der Waals surface area contributed by atoms with Crippen molar-refractivity contribution in [3.63, 3.8) is 0 Å². The zero-order valence-electron chi connectivity index (χ0n) is 33.3. The Hall–Kier alpha value is -8.41. The normalized spacial score (nSPS) is 11.9. The molecule has 0 aliphatic rings. The van der Waals surface area contributed by atoms with Gasteiger partial charge in [0.2, 0.25) is 0 Å². The SMILES string of the molecule is c1ccc(-c2ccccc2-c2nc(-c3ccc4ccccc4c3)nc(-c3ccc4oc5ccc6ccc(-n7c8ccccc8c8cc9ccccc9cc87)cc6c5c4c3)n2)cc1. The first-order valence-electron chi connectivity index (χ1n) is 20.9. The fourth-order valence-electron chi connectivity index (χ4n) is 9.43. The fourth-order valence-corrected chi connectivity index (χ4v) is 9.43. The molecule has 0 bridgehead atoms. The topological polar surface area (TPSA) is 56.7 Å². The largest absolute Gasteiger partial charge is 0.456 e. The van der Waals surface area contributed by atoms with Crippen LogP contribution in [0.5, 0.6) is 0 Å². The molecule has 3 aromatic heterocycles. The number of nitrogens with zero attached hydrogens (tertiary/aromatic N) is 4. The zero-order valence-corrected chi connectivity index (χ0v) is 33.3. The Morgan fingerprint density at radius 2 is 0.935 bits per heavy atom. The molecule has 10 aromatic carbocycles. The fraction of sp³-hybridized carbons (Fsp3) is 0. The van der Waals surface area contributed by atoms with Gasteiger partial charge in [-0.05, 0) is 104 Å². The lowest BCUT2D eigenvalue weighted by Gasteiger charge is -2.12. The summed E-state index contributed by atoms with van der Waals surface area (Å²) in [6, 6.07) is 72.8. The monoisotopic (exact) mass is 790 g/mol. The number of rotatable bonds is 5. The molecule has 288 valence electrons. The lowest BCUT2D eigenvalue weighted by molar-refractivity contribution is 0.669. The van der Waals surface area contributed by atoms with Gasteiger partial charge in [-0.25, -0.2) is 15.0 Å². The minimum atomic E-state index is 0.593. The zero-order chi connectivity index (χ0) is 40.7. The van der Waals surface area contributed by atoms with Crippen LogP contribution in [0, 0.1) is 0 Å². The lowest BCUT2D eigenvalue weighted by Crippen LogP contribution is -2.01. The summed E-state index contributed by atoms with van der Waals surface area (Å²) in [5.41, 5.74) is 10.00. The van der Waals surface area contributed by atoms with Crippen LogP contribution in [0.3, 0.4) is 0 Å². The van der Waals surface area contributed by atoms with Crippen LogP contribution in [0.15, 0.2) is 211 Å². The van der Waals surface area contributed by atoms with Gasteiger partial charge in [-0.15, -0.1) is 0 Å². The van der Waals surface area contributed by atoms with Gasteiger partial charge in [-0.1, -0.05) is 146 Å². The summed E-state index contributed by atoms with van der Waals surface area (Å²) in [6.07, 6.45) is 0. The van der Waals surface area contributed by atoms with E-state index in [0.29, 0.717) is 17.5 Å². The summed E-state index contributed by atoms with van der Waals surface area (Å²) >= 11 is 0. The highest BCUT2D eigenvalue weighted by Crippen LogP contribution is 2.41. The van der Waals surface area contributed by atoms with E-state index < -0.39 is 0 Å². The molecule has 0 atom stereocenters. The molecule has 0 saturated heterocycles. The molecule has 3 heterocycles. The van der Waals surface area contributed by atoms with Crippen LogP contribution in [0.2, 0.25) is 0 Å². The second-order valence-corrected chi connectivity index (χ2v) is 16.0. The maximum atomic E-state index is 6.60. The van der Waals surface area contributed by atoms with E-state index in [1.165, 1.54) is 38.0 Å². The first kappa shape index (κ1) is 34.5. The molecule has 0 N–H and O–H groups in total. The molecule has 0 fully saturated rings. The average molecular weight is 791 g/mol. The highest BCUT2D eigenvalue weighted by molar-refractivity contribution is 6.20. The molecule has 13 aromatic rings. The van der Waals surface area contributed by atoms with Crippen molar-refractivity contribution in [3.8, 4) is 51.0 Å². The summed E-state index contributed by atoms with van der Waals surface area (Å²) in [5.74, 6) is 1.82. The average Bonchev–Trinajstić information content (AvgIpc) is 3.88. The van der Waals surface area contributed by atoms with Crippen LogP contribution < -0.4 is 0 Å². The van der Waals surface area contributed by atoms with Gasteiger partial charge in [0.15, 0.2) is 17.5 Å². The molecular formula is C57H34N4O. The van der Waals surface area contributed by atoms with Gasteiger partial charge in [0.1, 0.15) is 11.2 Å². The van der Waals surface area contributed by atoms with Crippen LogP contribution in [0.1, 0.15) is 0 Å². The summed E-state index contributed by atoms with van der Waals surface area (Å²) < 4.78 is 9.00. The Kier molecular flexibility index (Phi) is 7.54. The van der Waals surface area contributed by atoms with Crippen LogP contribution in [-0.2, 0) is 0 Å². The Labute approximate surface area is 355 Å². The molecule has 5 heteroatoms. The van der Waals surface area contributed by atoms with E-state index in [4.69, 9.17) is 19.4 Å². The van der Waals surface area contributed by atoms with Gasteiger partial charge in [0.05, 0.1) is 11.0 Å². The van der Waals surface area contributed by atoms with E-state index in [0.717, 1.165) is 71.6 Å². The van der Waals surface area contributed by atoms with Crippen molar-refractivity contribution in [1.29, 1.82) is 0 Å². The van der Waals surface area contributed by atoms with Crippen molar-refractivity contribution < 1.29 is 4.42 Å². The minimum Gasteiger partial charge on any atom is -0.456 e. The molecule has 0 radical (unpaired) electrons. The highest BCUT2D eigenvalue weighted by Gasteiger charge is 2.19. The van der Waals surface area contributed by atoms with Crippen molar-refractivity contribution in [2.75, 3.05) is 0 Å². The Morgan fingerprint density at radius 1 is 0.323 bits per heavy atom. The van der Waals surface area contributed by atoms with E-state index in [9.17, 15) is 0 Å². The number of furan rings is 1. The molecule has 0 saturated carbocycles. The lowest BCUT2D eigenvalue weighted by atomic mass is 9.99. The summed E-state index contributed by atoms with van der Waals surface area (Å²) in [7, 11) is 0. The predicted octanol–water partition coefficient (Wildman–Crippen LogP) is 15.0. The third-order valence-electron chi connectivity index (χ3n) is 12.4. The van der Waals surface area contributed by atoms with Gasteiger partial charge in [0, 0.05) is 43.9 Å². The summed E-state index contributed by atoms with van der Waals surface area (Å²) in [5, 5.41) is 11.5. The van der Waals surface area contributed by atoms with E-state index in [1.54, 1.807) is 0 Å². The van der Waals surface area contributed by atoms with Crippen molar-refractivity contribution in [3.05, 3.63) is 206 Å². The maximum absolute atomic E-state index is 6.60. The quantitative estimate of drug-likeness (QED) is 0.174. The standard InChI is InChI=1S/C57H34N4O/c1-2-13-36(14-3-1)44-18-8-9-20-46(44)57-59-55(41-23-22-35-12-4-5-15-38(35)30-41)58-56(60-57)42-26-28-52-49(32-42)54-47-34-43(27-24-37(47)25-29-53(54)62-52)61-50-21-11-10-19-45(50)48-31-39-16-6-7-17-40(39)33-51(48)61/h1-34H. The molecule has 5 nitrogen and oxygen atoms in total. The first-order chi connectivity index (χ1) is 30.7. The second-order valence-electron chi connectivity index (χ2n) is 16.0. The van der Waals surface area contributed by atoms with Crippen molar-refractivity contribution in [2.45, 2.75) is 0 Å². The van der Waals surface area contributed by atoms with Crippen molar-refractivity contribution in [1.82, 2.24) is 19.5 Å². The predicted molar refractivity (Wildman–Crippen MR) is 256 cm³/mol. The Bertz CT molecular complexity index is 3940. The second kappa shape index (κ2) is 13.6. The molecule has 0 aliphatic carbocycles. The summed E-state index contributed by atoms with van der Waals surface area (Å²) in [6.45, 7) is 0. The first-order valence-corrected chi connectivity index (χ1v) is 20.9. The smallest absolute Gasteiger partial charge is 0.164 e. The number of benzene rings is 10. The van der Waals surface area contributed by atoms with E-state index in [-0.39, 0.29) is 0 Å². The van der Waals surface area contributed by atoms with E-state index in [2.05, 4.69) is 199 Å². The van der Waals surface area contributed by atoms with Gasteiger partial charge >= 0.3 is 0 Å². The molecular weight excluding hydrogens is 757 g/mol. The van der Waals surface area contributed by atoms with Crippen LogP contribution in [0.4, 0.5) is 0 Å². The molecule has 0 spiro atoms. The van der Waals surface area contributed by atoms with Gasteiger partial charge in [-0.2, -0.15) is 0 Å². The number of aromatic nitrogens is 4. The third-order valence-corrected chi connectivity index (χ3v) is 12.4. The van der Waals surface area contributed by atoms with Crippen molar-refractivity contribution in [2.24, 2.45) is 0 Å². The van der Waals surface area contributed by atoms with E-state index in [1.807, 2.05) is 12.1 Å². The van der Waals surface area contributed by atoms with Gasteiger partial charge in [0.25, 0.3) is 0 Å². The molecule has 0 unspecified atom stereocenters. The summed E-state index contributed by atoms with van der Waals surface area (Å²) in [4.78, 5) is 15.7. The molecule has 0 aliphatic heterocycles. The highest BCUT2D eigenvalue weighted by atomic mass is 16.3.